The van der Waals surface area contributed by atoms with Crippen LogP contribution in [0.5, 0.6) is 11.5 Å². The molecule has 2 aromatic carbocycles. The standard InChI is InChI=1S/C19H20BrNO4S/c20-15-5-1-2-7-19(15)26(22,23)21-10-3-6-16(21)14-8-9-17-18(13-14)25-12-4-11-24-17/h1-2,5,7-9,13,16H,3-4,6,10-12H2. The molecule has 0 bridgehead atoms. The topological polar surface area (TPSA) is 55.8 Å². The molecule has 1 atom stereocenters. The van der Waals surface area contributed by atoms with Crippen molar-refractivity contribution in [3.63, 3.8) is 0 Å². The van der Waals surface area contributed by atoms with Gasteiger partial charge in [-0.2, -0.15) is 4.31 Å². The minimum Gasteiger partial charge on any atom is -0.490 e. The molecule has 2 aromatic rings. The third-order valence-electron chi connectivity index (χ3n) is 4.78. The molecule has 2 aliphatic heterocycles. The zero-order chi connectivity index (χ0) is 18.1. The predicted octanol–water partition coefficient (Wildman–Crippen LogP) is 4.14. The van der Waals surface area contributed by atoms with E-state index in [0.29, 0.717) is 34.9 Å². The molecule has 138 valence electrons. The number of halogens is 1. The number of benzene rings is 2. The van der Waals surface area contributed by atoms with Crippen molar-refractivity contribution in [3.8, 4) is 11.5 Å². The zero-order valence-electron chi connectivity index (χ0n) is 14.2. The number of hydrogen-bond acceptors (Lipinski definition) is 4. The Bertz CT molecular complexity index is 916. The third-order valence-corrected chi connectivity index (χ3v) is 7.70. The van der Waals surface area contributed by atoms with Crippen LogP contribution in [0.2, 0.25) is 0 Å². The van der Waals surface area contributed by atoms with Crippen LogP contribution in [0.1, 0.15) is 30.9 Å². The SMILES string of the molecule is O=S(=O)(c1ccccc1Br)N1CCCC1c1ccc2c(c1)OCCCO2. The van der Waals surface area contributed by atoms with Gasteiger partial charge in [0.1, 0.15) is 0 Å². The highest BCUT2D eigenvalue weighted by atomic mass is 79.9. The van der Waals surface area contributed by atoms with Crippen molar-refractivity contribution in [2.45, 2.75) is 30.2 Å². The number of nitrogens with zero attached hydrogens (tertiary/aromatic N) is 1. The largest absolute Gasteiger partial charge is 0.490 e. The van der Waals surface area contributed by atoms with E-state index in [1.165, 1.54) is 0 Å². The van der Waals surface area contributed by atoms with E-state index in [4.69, 9.17) is 9.47 Å². The maximum atomic E-state index is 13.2. The van der Waals surface area contributed by atoms with Crippen LogP contribution in [0, 0.1) is 0 Å². The summed E-state index contributed by atoms with van der Waals surface area (Å²) in [6.45, 7) is 1.77. The van der Waals surface area contributed by atoms with E-state index in [9.17, 15) is 8.42 Å². The van der Waals surface area contributed by atoms with Gasteiger partial charge in [0.25, 0.3) is 0 Å². The monoisotopic (exact) mass is 437 g/mol. The van der Waals surface area contributed by atoms with Gasteiger partial charge in [0.15, 0.2) is 11.5 Å². The first kappa shape index (κ1) is 17.8. The summed E-state index contributed by atoms with van der Waals surface area (Å²) in [5.74, 6) is 1.43. The molecule has 1 fully saturated rings. The van der Waals surface area contributed by atoms with Crippen molar-refractivity contribution < 1.29 is 17.9 Å². The van der Waals surface area contributed by atoms with Crippen LogP contribution in [-0.4, -0.2) is 32.5 Å². The molecule has 1 saturated heterocycles. The molecule has 26 heavy (non-hydrogen) atoms. The smallest absolute Gasteiger partial charge is 0.244 e. The lowest BCUT2D eigenvalue weighted by molar-refractivity contribution is 0.296. The average Bonchev–Trinajstić information content (AvgIpc) is 3.02. The van der Waals surface area contributed by atoms with Crippen LogP contribution in [0.15, 0.2) is 51.8 Å². The number of rotatable bonds is 3. The highest BCUT2D eigenvalue weighted by Crippen LogP contribution is 2.41. The second-order valence-electron chi connectivity index (χ2n) is 6.46. The van der Waals surface area contributed by atoms with Gasteiger partial charge < -0.3 is 9.47 Å². The molecule has 5 nitrogen and oxygen atoms in total. The van der Waals surface area contributed by atoms with Crippen molar-refractivity contribution in [1.82, 2.24) is 4.31 Å². The van der Waals surface area contributed by atoms with Crippen molar-refractivity contribution >= 4 is 26.0 Å². The number of fused-ring (bicyclic) bond motifs is 1. The van der Waals surface area contributed by atoms with Crippen LogP contribution in [0.4, 0.5) is 0 Å². The van der Waals surface area contributed by atoms with Gasteiger partial charge in [-0.15, -0.1) is 0 Å². The quantitative estimate of drug-likeness (QED) is 0.723. The summed E-state index contributed by atoms with van der Waals surface area (Å²) < 4.78 is 40.1. The lowest BCUT2D eigenvalue weighted by Gasteiger charge is -2.25. The zero-order valence-corrected chi connectivity index (χ0v) is 16.6. The summed E-state index contributed by atoms with van der Waals surface area (Å²) in [7, 11) is -3.58. The molecule has 2 heterocycles. The first-order valence-corrected chi connectivity index (χ1v) is 11.0. The van der Waals surface area contributed by atoms with Crippen LogP contribution >= 0.6 is 15.9 Å². The minimum atomic E-state index is -3.58. The van der Waals surface area contributed by atoms with Gasteiger partial charge in [-0.3, -0.25) is 0 Å². The molecular weight excluding hydrogens is 418 g/mol. The second-order valence-corrected chi connectivity index (χ2v) is 9.17. The molecule has 4 rings (SSSR count). The molecular formula is C19H20BrNO4S. The Labute approximate surface area is 162 Å². The molecule has 0 aliphatic carbocycles. The van der Waals surface area contributed by atoms with E-state index in [0.717, 1.165) is 30.6 Å². The highest BCUT2D eigenvalue weighted by molar-refractivity contribution is 9.10. The summed E-state index contributed by atoms with van der Waals surface area (Å²) in [6.07, 6.45) is 2.47. The first-order valence-electron chi connectivity index (χ1n) is 8.73. The van der Waals surface area contributed by atoms with Crippen LogP contribution < -0.4 is 9.47 Å². The fourth-order valence-electron chi connectivity index (χ4n) is 3.53. The van der Waals surface area contributed by atoms with Crippen molar-refractivity contribution in [2.75, 3.05) is 19.8 Å². The van der Waals surface area contributed by atoms with Gasteiger partial charge in [-0.25, -0.2) is 8.42 Å². The van der Waals surface area contributed by atoms with E-state index in [-0.39, 0.29) is 6.04 Å². The van der Waals surface area contributed by atoms with Gasteiger partial charge in [0.05, 0.1) is 24.2 Å². The van der Waals surface area contributed by atoms with Gasteiger partial charge in [0.2, 0.25) is 10.0 Å². The number of ether oxygens (including phenoxy) is 2. The maximum Gasteiger partial charge on any atom is 0.244 e. The summed E-state index contributed by atoms with van der Waals surface area (Å²) >= 11 is 3.37. The Kier molecular flexibility index (Phi) is 4.94. The van der Waals surface area contributed by atoms with Crippen LogP contribution in [-0.2, 0) is 10.0 Å². The van der Waals surface area contributed by atoms with Gasteiger partial charge in [-0.05, 0) is 58.6 Å². The number of hydrogen-bond donors (Lipinski definition) is 0. The molecule has 0 N–H and O–H groups in total. The van der Waals surface area contributed by atoms with E-state index < -0.39 is 10.0 Å². The molecule has 2 aliphatic rings. The Morgan fingerprint density at radius 2 is 1.77 bits per heavy atom. The Balaban J connectivity index is 1.69. The summed E-state index contributed by atoms with van der Waals surface area (Å²) in [4.78, 5) is 0.307. The lowest BCUT2D eigenvalue weighted by Crippen LogP contribution is -2.31. The van der Waals surface area contributed by atoms with E-state index in [1.54, 1.807) is 22.5 Å². The predicted molar refractivity (Wildman–Crippen MR) is 102 cm³/mol. The van der Waals surface area contributed by atoms with Crippen molar-refractivity contribution in [2.24, 2.45) is 0 Å². The summed E-state index contributed by atoms with van der Waals surface area (Å²) in [6, 6.07) is 12.5. The van der Waals surface area contributed by atoms with Gasteiger partial charge in [-0.1, -0.05) is 18.2 Å². The normalized spacial score (nSPS) is 20.7. The fourth-order valence-corrected chi connectivity index (χ4v) is 6.18. The first-order chi connectivity index (χ1) is 12.6. The molecule has 0 radical (unpaired) electrons. The van der Waals surface area contributed by atoms with Crippen LogP contribution in [0.3, 0.4) is 0 Å². The minimum absolute atomic E-state index is 0.191. The second kappa shape index (κ2) is 7.21. The summed E-state index contributed by atoms with van der Waals surface area (Å²) in [5, 5.41) is 0. The molecule has 0 saturated carbocycles. The van der Waals surface area contributed by atoms with Crippen molar-refractivity contribution in [1.29, 1.82) is 0 Å². The molecule has 0 amide bonds. The van der Waals surface area contributed by atoms with Crippen molar-refractivity contribution in [3.05, 3.63) is 52.5 Å². The third kappa shape index (κ3) is 3.23. The van der Waals surface area contributed by atoms with E-state index in [2.05, 4.69) is 15.9 Å². The van der Waals surface area contributed by atoms with E-state index in [1.807, 2.05) is 24.3 Å². The lowest BCUT2D eigenvalue weighted by atomic mass is 10.0. The highest BCUT2D eigenvalue weighted by Gasteiger charge is 2.37. The molecule has 0 aromatic heterocycles. The van der Waals surface area contributed by atoms with Gasteiger partial charge in [0, 0.05) is 17.4 Å². The Morgan fingerprint density at radius 3 is 2.58 bits per heavy atom. The molecule has 0 spiro atoms. The average molecular weight is 438 g/mol. The Morgan fingerprint density at radius 1 is 1.00 bits per heavy atom. The van der Waals surface area contributed by atoms with Crippen LogP contribution in [0.25, 0.3) is 0 Å². The maximum absolute atomic E-state index is 13.2. The number of sulfonamides is 1. The molecule has 7 heteroatoms. The molecule has 1 unspecified atom stereocenters. The Hall–Kier alpha value is -1.57. The van der Waals surface area contributed by atoms with Gasteiger partial charge >= 0.3 is 0 Å². The fraction of sp³-hybridized carbons (Fsp3) is 0.368. The summed E-state index contributed by atoms with van der Waals surface area (Å²) in [5.41, 5.74) is 0.947. The van der Waals surface area contributed by atoms with E-state index >= 15 is 0 Å².